The van der Waals surface area contributed by atoms with Gasteiger partial charge >= 0.3 is 0 Å². The molecule has 5 nitrogen and oxygen atoms in total. The summed E-state index contributed by atoms with van der Waals surface area (Å²) in [6.45, 7) is 0. The Hall–Kier alpha value is -2.80. The average molecular weight is 470 g/mol. The highest BCUT2D eigenvalue weighted by Crippen LogP contribution is 2.41. The Labute approximate surface area is 194 Å². The lowest BCUT2D eigenvalue weighted by Gasteiger charge is -2.24. The number of benzene rings is 3. The minimum absolute atomic E-state index is 0.0421. The van der Waals surface area contributed by atoms with E-state index in [-0.39, 0.29) is 17.2 Å². The second-order valence-electron chi connectivity index (χ2n) is 6.75. The van der Waals surface area contributed by atoms with E-state index < -0.39 is 0 Å². The lowest BCUT2D eigenvalue weighted by atomic mass is 10.1. The molecule has 156 valence electrons. The van der Waals surface area contributed by atoms with Gasteiger partial charge in [0.1, 0.15) is 5.37 Å². The van der Waals surface area contributed by atoms with E-state index in [2.05, 4.69) is 10.5 Å². The molecule has 1 aliphatic rings. The molecule has 4 rings (SSSR count). The third kappa shape index (κ3) is 4.93. The highest BCUT2D eigenvalue weighted by atomic mass is 35.5. The first-order chi connectivity index (χ1) is 15.0. The van der Waals surface area contributed by atoms with Crippen molar-refractivity contribution in [1.82, 2.24) is 5.43 Å². The fourth-order valence-electron chi connectivity index (χ4n) is 3.17. The van der Waals surface area contributed by atoms with Gasteiger partial charge in [0.25, 0.3) is 5.91 Å². The van der Waals surface area contributed by atoms with Gasteiger partial charge < -0.3 is 0 Å². The summed E-state index contributed by atoms with van der Waals surface area (Å²) in [5.74, 6) is 0.0964. The molecule has 1 saturated heterocycles. The van der Waals surface area contributed by atoms with Crippen molar-refractivity contribution in [2.75, 3.05) is 10.7 Å². The second-order valence-corrected chi connectivity index (χ2v) is 8.66. The van der Waals surface area contributed by atoms with Crippen LogP contribution in [0.3, 0.4) is 0 Å². The summed E-state index contributed by atoms with van der Waals surface area (Å²) < 4.78 is 0. The molecule has 0 saturated carbocycles. The number of carbonyl (C=O) groups excluding carboxylic acids is 2. The molecule has 1 fully saturated rings. The number of hydrazone groups is 1. The molecule has 3 aromatic carbocycles. The van der Waals surface area contributed by atoms with E-state index in [1.54, 1.807) is 59.1 Å². The van der Waals surface area contributed by atoms with E-state index in [4.69, 9.17) is 23.2 Å². The quantitative estimate of drug-likeness (QED) is 0.394. The number of halogens is 2. The van der Waals surface area contributed by atoms with Crippen LogP contribution in [0.2, 0.25) is 10.0 Å². The van der Waals surface area contributed by atoms with Gasteiger partial charge in [-0.05, 0) is 42.0 Å². The lowest BCUT2D eigenvalue weighted by molar-refractivity contribution is -0.115. The van der Waals surface area contributed by atoms with Gasteiger partial charge in [-0.25, -0.2) is 5.43 Å². The van der Waals surface area contributed by atoms with Crippen molar-refractivity contribution in [2.24, 2.45) is 5.10 Å². The number of hydrogen-bond acceptors (Lipinski definition) is 4. The molecule has 0 bridgehead atoms. The molecular weight excluding hydrogens is 453 g/mol. The first-order valence-corrected chi connectivity index (χ1v) is 11.2. The summed E-state index contributed by atoms with van der Waals surface area (Å²) in [6.07, 6.45) is 1.45. The van der Waals surface area contributed by atoms with Gasteiger partial charge in [-0.1, -0.05) is 59.6 Å². The van der Waals surface area contributed by atoms with Crippen LogP contribution < -0.4 is 10.3 Å². The van der Waals surface area contributed by atoms with Gasteiger partial charge in [-0.2, -0.15) is 5.10 Å². The van der Waals surface area contributed by atoms with Gasteiger partial charge in [-0.3, -0.25) is 14.5 Å². The molecule has 31 heavy (non-hydrogen) atoms. The van der Waals surface area contributed by atoms with Crippen molar-refractivity contribution in [2.45, 2.75) is 5.37 Å². The number of amides is 2. The molecule has 3 aromatic rings. The lowest BCUT2D eigenvalue weighted by Crippen LogP contribution is -2.28. The summed E-state index contributed by atoms with van der Waals surface area (Å²) >= 11 is 13.5. The molecular formula is C23H17Cl2N3O2S. The summed E-state index contributed by atoms with van der Waals surface area (Å²) in [5.41, 5.74) is 5.36. The predicted octanol–water partition coefficient (Wildman–Crippen LogP) is 5.54. The maximum absolute atomic E-state index is 12.5. The van der Waals surface area contributed by atoms with Crippen LogP contribution in [0.1, 0.15) is 26.9 Å². The van der Waals surface area contributed by atoms with Crippen LogP contribution in [0.25, 0.3) is 0 Å². The molecule has 1 atom stereocenters. The van der Waals surface area contributed by atoms with Crippen molar-refractivity contribution in [1.29, 1.82) is 0 Å². The zero-order valence-corrected chi connectivity index (χ0v) is 18.5. The van der Waals surface area contributed by atoms with Crippen LogP contribution in [-0.2, 0) is 4.79 Å². The molecule has 0 radical (unpaired) electrons. The van der Waals surface area contributed by atoms with Crippen molar-refractivity contribution < 1.29 is 9.59 Å². The van der Waals surface area contributed by atoms with Crippen LogP contribution in [0.15, 0.2) is 77.9 Å². The number of hydrogen-bond donors (Lipinski definition) is 1. The van der Waals surface area contributed by atoms with Crippen LogP contribution in [0, 0.1) is 0 Å². The zero-order chi connectivity index (χ0) is 21.8. The average Bonchev–Trinajstić information content (AvgIpc) is 3.17. The van der Waals surface area contributed by atoms with Gasteiger partial charge in [0.2, 0.25) is 5.91 Å². The third-order valence-electron chi connectivity index (χ3n) is 4.69. The van der Waals surface area contributed by atoms with E-state index in [1.807, 2.05) is 30.3 Å². The van der Waals surface area contributed by atoms with Crippen LogP contribution in [0.5, 0.6) is 0 Å². The minimum Gasteiger partial charge on any atom is -0.295 e. The monoisotopic (exact) mass is 469 g/mol. The number of rotatable bonds is 5. The molecule has 0 aliphatic carbocycles. The normalized spacial score (nSPS) is 16.1. The van der Waals surface area contributed by atoms with Crippen LogP contribution in [-0.4, -0.2) is 23.8 Å². The fourth-order valence-corrected chi connectivity index (χ4v) is 4.81. The van der Waals surface area contributed by atoms with Crippen LogP contribution >= 0.6 is 35.0 Å². The number of anilines is 1. The van der Waals surface area contributed by atoms with E-state index in [9.17, 15) is 9.59 Å². The molecule has 1 unspecified atom stereocenters. The maximum atomic E-state index is 12.5. The molecule has 0 spiro atoms. The Morgan fingerprint density at radius 1 is 1.06 bits per heavy atom. The zero-order valence-electron chi connectivity index (χ0n) is 16.2. The highest BCUT2D eigenvalue weighted by molar-refractivity contribution is 8.00. The topological polar surface area (TPSA) is 61.8 Å². The first kappa shape index (κ1) is 21.4. The number of nitrogens with one attached hydrogen (secondary N) is 1. The number of thioether (sulfide) groups is 1. The van der Waals surface area contributed by atoms with E-state index in [0.29, 0.717) is 26.9 Å². The Bertz CT molecular complexity index is 1140. The van der Waals surface area contributed by atoms with Crippen molar-refractivity contribution >= 4 is 58.7 Å². The summed E-state index contributed by atoms with van der Waals surface area (Å²) in [7, 11) is 0. The Kier molecular flexibility index (Phi) is 6.61. The fraction of sp³-hybridized carbons (Fsp3) is 0.0870. The Morgan fingerprint density at radius 3 is 2.52 bits per heavy atom. The van der Waals surface area contributed by atoms with Crippen molar-refractivity contribution in [3.63, 3.8) is 0 Å². The van der Waals surface area contributed by atoms with E-state index in [0.717, 1.165) is 11.3 Å². The molecule has 1 N–H and O–H groups in total. The maximum Gasteiger partial charge on any atom is 0.271 e. The molecule has 0 aromatic heterocycles. The smallest absolute Gasteiger partial charge is 0.271 e. The number of carbonyl (C=O) groups is 2. The van der Waals surface area contributed by atoms with E-state index in [1.165, 1.54) is 6.21 Å². The molecule has 8 heteroatoms. The summed E-state index contributed by atoms with van der Waals surface area (Å²) in [6, 6.07) is 21.8. The third-order valence-corrected chi connectivity index (χ3v) is 6.47. The second kappa shape index (κ2) is 9.56. The Morgan fingerprint density at radius 2 is 1.81 bits per heavy atom. The van der Waals surface area contributed by atoms with Gasteiger partial charge in [0.05, 0.1) is 17.0 Å². The van der Waals surface area contributed by atoms with Crippen molar-refractivity contribution in [3.05, 3.63) is 99.5 Å². The highest BCUT2D eigenvalue weighted by Gasteiger charge is 2.33. The molecule has 1 heterocycles. The largest absolute Gasteiger partial charge is 0.295 e. The minimum atomic E-state index is -0.366. The van der Waals surface area contributed by atoms with Crippen LogP contribution in [0.4, 0.5) is 5.69 Å². The summed E-state index contributed by atoms with van der Waals surface area (Å²) in [4.78, 5) is 26.6. The van der Waals surface area contributed by atoms with Gasteiger partial charge in [-0.15, -0.1) is 11.8 Å². The molecule has 2 amide bonds. The number of nitrogens with zero attached hydrogens (tertiary/aromatic N) is 2. The van der Waals surface area contributed by atoms with Gasteiger partial charge in [0, 0.05) is 21.8 Å². The standard InChI is InChI=1S/C23H17Cl2N3O2S/c24-18-9-6-17(20(25)12-18)13-26-27-22(30)15-7-10-19(11-8-15)28-21(29)14-31-23(28)16-4-2-1-3-5-16/h1-13,23H,14H2,(H,27,30)/b26-13+. The first-order valence-electron chi connectivity index (χ1n) is 9.40. The van der Waals surface area contributed by atoms with Gasteiger partial charge in [0.15, 0.2) is 0 Å². The molecule has 1 aliphatic heterocycles. The predicted molar refractivity (Wildman–Crippen MR) is 127 cm³/mol. The summed E-state index contributed by atoms with van der Waals surface area (Å²) in [5, 5.41) is 4.84. The van der Waals surface area contributed by atoms with E-state index >= 15 is 0 Å². The Balaban J connectivity index is 1.45. The SMILES string of the molecule is O=C(N/N=C/c1ccc(Cl)cc1Cl)c1ccc(N2C(=O)CSC2c2ccccc2)cc1. The van der Waals surface area contributed by atoms with Crippen molar-refractivity contribution in [3.8, 4) is 0 Å².